The Balaban J connectivity index is 2.06. The Labute approximate surface area is 149 Å². The molecule has 134 valence electrons. The normalized spacial score (nSPS) is 12.8. The van der Waals surface area contributed by atoms with Crippen molar-refractivity contribution in [2.24, 2.45) is 0 Å². The highest BCUT2D eigenvalue weighted by Crippen LogP contribution is 2.37. The van der Waals surface area contributed by atoms with E-state index >= 15 is 0 Å². The number of alkyl halides is 3. The first-order chi connectivity index (χ1) is 12.4. The number of halogens is 3. The molecule has 1 aromatic heterocycles. The topological polar surface area (TPSA) is 33.2 Å². The van der Waals surface area contributed by atoms with Gasteiger partial charge in [-0.2, -0.15) is 13.2 Å². The van der Waals surface area contributed by atoms with Crippen molar-refractivity contribution >= 4 is 22.5 Å². The van der Waals surface area contributed by atoms with E-state index in [9.17, 15) is 18.0 Å². The molecule has 0 N–H and O–H groups in total. The van der Waals surface area contributed by atoms with Gasteiger partial charge in [0.15, 0.2) is 5.92 Å². The van der Waals surface area contributed by atoms with Gasteiger partial charge in [-0.15, -0.1) is 0 Å². The third kappa shape index (κ3) is 3.54. The highest BCUT2D eigenvalue weighted by atomic mass is 19.4. The predicted octanol–water partition coefficient (Wildman–Crippen LogP) is 4.93. The van der Waals surface area contributed by atoms with Crippen molar-refractivity contribution in [2.75, 3.05) is 11.4 Å². The van der Waals surface area contributed by atoms with Crippen molar-refractivity contribution in [3.63, 3.8) is 0 Å². The summed E-state index contributed by atoms with van der Waals surface area (Å²) in [4.78, 5) is 18.1. The third-order valence-corrected chi connectivity index (χ3v) is 4.14. The molecule has 6 heteroatoms. The number of benzene rings is 2. The van der Waals surface area contributed by atoms with Crippen LogP contribution in [0.4, 0.5) is 18.9 Å². The zero-order valence-corrected chi connectivity index (χ0v) is 14.1. The molecule has 3 rings (SSSR count). The van der Waals surface area contributed by atoms with E-state index in [0.29, 0.717) is 11.2 Å². The second-order valence-electron chi connectivity index (χ2n) is 5.82. The summed E-state index contributed by atoms with van der Waals surface area (Å²) < 4.78 is 41.3. The molecule has 3 nitrogen and oxygen atoms in total. The number of carbonyl (C=O) groups is 1. The number of nitrogens with zero attached hydrogens (tertiary/aromatic N) is 2. The van der Waals surface area contributed by atoms with Crippen LogP contribution in [-0.2, 0) is 4.79 Å². The van der Waals surface area contributed by atoms with Crippen LogP contribution in [0, 0.1) is 0 Å². The molecular formula is C20H17F3N2O. The first-order valence-corrected chi connectivity index (χ1v) is 8.20. The Hall–Kier alpha value is -2.89. The molecule has 1 atom stereocenters. The molecule has 0 aliphatic heterocycles. The number of hydrogen-bond acceptors (Lipinski definition) is 2. The van der Waals surface area contributed by atoms with Crippen LogP contribution in [-0.4, -0.2) is 23.6 Å². The number of anilines is 1. The number of aromatic nitrogens is 1. The Morgan fingerprint density at radius 1 is 1.00 bits per heavy atom. The highest BCUT2D eigenvalue weighted by Gasteiger charge is 2.48. The Kier molecular flexibility index (Phi) is 4.93. The molecule has 0 aliphatic rings. The van der Waals surface area contributed by atoms with E-state index in [1.54, 1.807) is 67.6 Å². The quantitative estimate of drug-likeness (QED) is 0.662. The molecule has 26 heavy (non-hydrogen) atoms. The minimum atomic E-state index is -4.74. The zero-order chi connectivity index (χ0) is 18.7. The molecule has 0 saturated heterocycles. The van der Waals surface area contributed by atoms with Crippen LogP contribution < -0.4 is 4.90 Å². The van der Waals surface area contributed by atoms with Crippen molar-refractivity contribution < 1.29 is 18.0 Å². The maximum Gasteiger partial charge on any atom is 0.406 e. The molecule has 0 spiro atoms. The summed E-state index contributed by atoms with van der Waals surface area (Å²) in [5, 5.41) is 0.722. The summed E-state index contributed by atoms with van der Waals surface area (Å²) in [5.74, 6) is -3.35. The van der Waals surface area contributed by atoms with E-state index in [2.05, 4.69) is 4.98 Å². The van der Waals surface area contributed by atoms with Crippen molar-refractivity contribution in [3.05, 3.63) is 72.4 Å². The van der Waals surface area contributed by atoms with Gasteiger partial charge < -0.3 is 4.90 Å². The summed E-state index contributed by atoms with van der Waals surface area (Å²) >= 11 is 0. The Bertz CT molecular complexity index is 910. The number of likely N-dealkylation sites (N-methyl/N-ethyl adjacent to an activating group) is 1. The van der Waals surface area contributed by atoms with Crippen LogP contribution in [0.5, 0.6) is 0 Å². The number of pyridine rings is 1. The largest absolute Gasteiger partial charge is 0.406 e. The lowest BCUT2D eigenvalue weighted by Crippen LogP contribution is -2.41. The van der Waals surface area contributed by atoms with E-state index in [-0.39, 0.29) is 12.2 Å². The first kappa shape index (κ1) is 17.9. The Morgan fingerprint density at radius 3 is 2.31 bits per heavy atom. The minimum absolute atomic E-state index is 0.128. The number of hydrogen-bond donors (Lipinski definition) is 0. The summed E-state index contributed by atoms with van der Waals surface area (Å²) in [6, 6.07) is 18.0. The summed E-state index contributed by atoms with van der Waals surface area (Å²) in [6.45, 7) is 1.77. The van der Waals surface area contributed by atoms with E-state index in [1.807, 2.05) is 0 Å². The summed E-state index contributed by atoms with van der Waals surface area (Å²) in [7, 11) is 0. The fourth-order valence-electron chi connectivity index (χ4n) is 2.91. The molecule has 3 aromatic rings. The van der Waals surface area contributed by atoms with Gasteiger partial charge in [0.1, 0.15) is 0 Å². The van der Waals surface area contributed by atoms with Crippen LogP contribution in [0.25, 0.3) is 10.9 Å². The molecule has 0 bridgehead atoms. The monoisotopic (exact) mass is 358 g/mol. The van der Waals surface area contributed by atoms with E-state index in [4.69, 9.17) is 0 Å². The number of amides is 1. The first-order valence-electron chi connectivity index (χ1n) is 8.20. The SMILES string of the molecule is CCN(C(=O)C(c1ccc2ccccc2n1)C(F)(F)F)c1ccccc1. The standard InChI is InChI=1S/C20H17F3N2O/c1-2-25(15-9-4-3-5-10-15)19(26)18(20(21,22)23)17-13-12-14-8-6-7-11-16(14)24-17/h3-13,18H,2H2,1H3. The van der Waals surface area contributed by atoms with Gasteiger partial charge in [-0.05, 0) is 31.2 Å². The van der Waals surface area contributed by atoms with Gasteiger partial charge in [-0.25, -0.2) is 0 Å². The lowest BCUT2D eigenvalue weighted by molar-refractivity contribution is -0.163. The zero-order valence-electron chi connectivity index (χ0n) is 14.1. The Morgan fingerprint density at radius 2 is 1.65 bits per heavy atom. The van der Waals surface area contributed by atoms with Crippen molar-refractivity contribution in [1.29, 1.82) is 0 Å². The van der Waals surface area contributed by atoms with Gasteiger partial charge in [-0.3, -0.25) is 9.78 Å². The molecule has 0 fully saturated rings. The third-order valence-electron chi connectivity index (χ3n) is 4.14. The van der Waals surface area contributed by atoms with Crippen LogP contribution in [0.1, 0.15) is 18.5 Å². The van der Waals surface area contributed by atoms with E-state index in [1.165, 1.54) is 6.07 Å². The number of rotatable bonds is 4. The average molecular weight is 358 g/mol. The minimum Gasteiger partial charge on any atom is -0.312 e. The van der Waals surface area contributed by atoms with Crippen LogP contribution in [0.3, 0.4) is 0 Å². The average Bonchev–Trinajstić information content (AvgIpc) is 2.62. The molecule has 2 aromatic carbocycles. The van der Waals surface area contributed by atoms with Crippen molar-refractivity contribution in [2.45, 2.75) is 19.0 Å². The van der Waals surface area contributed by atoms with Gasteiger partial charge in [0.2, 0.25) is 5.91 Å². The molecule has 0 aliphatic carbocycles. The predicted molar refractivity (Wildman–Crippen MR) is 95.0 cm³/mol. The lowest BCUT2D eigenvalue weighted by atomic mass is 10.0. The molecule has 1 unspecified atom stereocenters. The number of fused-ring (bicyclic) bond motifs is 1. The molecule has 1 amide bonds. The fraction of sp³-hybridized carbons (Fsp3) is 0.200. The maximum atomic E-state index is 13.8. The number of para-hydroxylation sites is 2. The van der Waals surface area contributed by atoms with Crippen LogP contribution >= 0.6 is 0 Å². The van der Waals surface area contributed by atoms with Crippen molar-refractivity contribution in [1.82, 2.24) is 4.98 Å². The summed E-state index contributed by atoms with van der Waals surface area (Å²) in [6.07, 6.45) is -4.74. The van der Waals surface area contributed by atoms with Gasteiger partial charge in [0.05, 0.1) is 11.2 Å². The number of carbonyl (C=O) groups excluding carboxylic acids is 1. The molecule has 0 radical (unpaired) electrons. The van der Waals surface area contributed by atoms with Crippen molar-refractivity contribution in [3.8, 4) is 0 Å². The van der Waals surface area contributed by atoms with Crippen LogP contribution in [0.2, 0.25) is 0 Å². The van der Waals surface area contributed by atoms with Crippen LogP contribution in [0.15, 0.2) is 66.7 Å². The second kappa shape index (κ2) is 7.15. The molecular weight excluding hydrogens is 341 g/mol. The van der Waals surface area contributed by atoms with Gasteiger partial charge in [0, 0.05) is 17.6 Å². The second-order valence-corrected chi connectivity index (χ2v) is 5.82. The summed E-state index contributed by atoms with van der Waals surface area (Å²) in [5.41, 5.74) is 0.556. The van der Waals surface area contributed by atoms with Gasteiger partial charge in [-0.1, -0.05) is 42.5 Å². The van der Waals surface area contributed by atoms with Gasteiger partial charge in [0.25, 0.3) is 0 Å². The smallest absolute Gasteiger partial charge is 0.312 e. The van der Waals surface area contributed by atoms with E-state index < -0.39 is 18.0 Å². The maximum absolute atomic E-state index is 13.8. The lowest BCUT2D eigenvalue weighted by Gasteiger charge is -2.27. The van der Waals surface area contributed by atoms with Gasteiger partial charge >= 0.3 is 6.18 Å². The fourth-order valence-corrected chi connectivity index (χ4v) is 2.91. The molecule has 0 saturated carbocycles. The van der Waals surface area contributed by atoms with E-state index in [0.717, 1.165) is 10.3 Å². The molecule has 1 heterocycles. The highest BCUT2D eigenvalue weighted by molar-refractivity contribution is 5.98.